The molecule has 7 N–H and O–H groups in total. The van der Waals surface area contributed by atoms with Gasteiger partial charge in [-0.3, -0.25) is 24.1 Å². The van der Waals surface area contributed by atoms with Gasteiger partial charge in [-0.25, -0.2) is 0 Å². The monoisotopic (exact) mass is 571 g/mol. The molecule has 42 heavy (non-hydrogen) atoms. The molecule has 216 valence electrons. The second kappa shape index (κ2) is 10.2. The van der Waals surface area contributed by atoms with E-state index in [4.69, 9.17) is 5.73 Å². The van der Waals surface area contributed by atoms with Crippen molar-refractivity contribution in [2.75, 3.05) is 19.4 Å². The lowest BCUT2D eigenvalue weighted by Gasteiger charge is -2.50. The van der Waals surface area contributed by atoms with Crippen LogP contribution in [0.2, 0.25) is 0 Å². The highest BCUT2D eigenvalue weighted by Crippen LogP contribution is 2.52. The van der Waals surface area contributed by atoms with E-state index in [2.05, 4.69) is 17.2 Å². The summed E-state index contributed by atoms with van der Waals surface area (Å²) in [6, 6.07) is 8.61. The molecular formula is C31H29N3O8. The minimum Gasteiger partial charge on any atom is -0.508 e. The molecule has 11 heteroatoms. The molecule has 2 aromatic carbocycles. The number of nitrogens with one attached hydrogen (secondary N) is 1. The van der Waals surface area contributed by atoms with Crippen LogP contribution in [0.4, 0.5) is 5.69 Å². The van der Waals surface area contributed by atoms with Crippen LogP contribution in [-0.2, 0) is 25.6 Å². The summed E-state index contributed by atoms with van der Waals surface area (Å²) in [7, 11) is 3.09. The van der Waals surface area contributed by atoms with Gasteiger partial charge in [0.25, 0.3) is 5.91 Å². The van der Waals surface area contributed by atoms with Crippen molar-refractivity contribution in [1.29, 1.82) is 0 Å². The first-order chi connectivity index (χ1) is 19.8. The largest absolute Gasteiger partial charge is 0.508 e. The average Bonchev–Trinajstić information content (AvgIpc) is 2.90. The Morgan fingerprint density at radius 3 is 2.31 bits per heavy atom. The molecule has 0 spiro atoms. The molecular weight excluding hydrogens is 542 g/mol. The van der Waals surface area contributed by atoms with Gasteiger partial charge < -0.3 is 31.5 Å². The number of carbonyl (C=O) groups excluding carboxylic acids is 4. The number of aliphatic hydroxyl groups excluding tert-OH is 2. The smallest absolute Gasteiger partial charge is 0.255 e. The molecule has 0 aromatic heterocycles. The van der Waals surface area contributed by atoms with E-state index in [0.29, 0.717) is 22.4 Å². The maximum absolute atomic E-state index is 13.9. The summed E-state index contributed by atoms with van der Waals surface area (Å²) in [5.41, 5.74) is 3.75. The highest BCUT2D eigenvalue weighted by Gasteiger charge is 2.64. The number of phenols is 1. The summed E-state index contributed by atoms with van der Waals surface area (Å²) in [5, 5.41) is 47.3. The van der Waals surface area contributed by atoms with Crippen molar-refractivity contribution in [3.63, 3.8) is 0 Å². The number of hydrogen-bond acceptors (Lipinski definition) is 9. The highest BCUT2D eigenvalue weighted by atomic mass is 16.3. The molecule has 0 radical (unpaired) electrons. The number of hydrogen-bond donors (Lipinski definition) is 6. The zero-order valence-corrected chi connectivity index (χ0v) is 23.1. The van der Waals surface area contributed by atoms with E-state index in [-0.39, 0.29) is 35.6 Å². The van der Waals surface area contributed by atoms with Crippen LogP contribution in [0, 0.1) is 23.7 Å². The molecule has 0 bridgehead atoms. The Morgan fingerprint density at radius 1 is 1.05 bits per heavy atom. The van der Waals surface area contributed by atoms with Gasteiger partial charge in [-0.1, -0.05) is 11.8 Å². The lowest BCUT2D eigenvalue weighted by atomic mass is 9.57. The second-order valence-electron chi connectivity index (χ2n) is 11.0. The quantitative estimate of drug-likeness (QED) is 0.233. The van der Waals surface area contributed by atoms with E-state index in [1.165, 1.54) is 17.9 Å². The number of anilines is 1. The van der Waals surface area contributed by atoms with Gasteiger partial charge in [0, 0.05) is 35.2 Å². The summed E-state index contributed by atoms with van der Waals surface area (Å²) < 4.78 is 0. The molecule has 2 aromatic rings. The summed E-state index contributed by atoms with van der Waals surface area (Å²) in [6.07, 6.45) is 0.118. The molecule has 0 saturated heterocycles. The number of Topliss-reactive ketones (excluding diaryl/α,β-unsaturated/α-hetero) is 2. The Labute approximate surface area is 240 Å². The van der Waals surface area contributed by atoms with E-state index < -0.39 is 58.0 Å². The van der Waals surface area contributed by atoms with Crippen molar-refractivity contribution < 1.29 is 39.6 Å². The third-order valence-corrected chi connectivity index (χ3v) is 8.15. The number of nitrogens with two attached hydrogens (primary N) is 1. The fourth-order valence-corrected chi connectivity index (χ4v) is 6.34. The van der Waals surface area contributed by atoms with Gasteiger partial charge in [-0.2, -0.15) is 0 Å². The molecule has 2 amide bonds. The molecule has 11 nitrogen and oxygen atoms in total. The highest BCUT2D eigenvalue weighted by molar-refractivity contribution is 6.24. The van der Waals surface area contributed by atoms with Gasteiger partial charge in [0.15, 0.2) is 11.4 Å². The molecule has 4 atom stereocenters. The van der Waals surface area contributed by atoms with E-state index in [9.17, 15) is 39.6 Å². The Kier molecular flexibility index (Phi) is 6.92. The maximum atomic E-state index is 13.9. The van der Waals surface area contributed by atoms with E-state index in [1.807, 2.05) is 0 Å². The number of primary amides is 1. The molecule has 3 aliphatic rings. The topological polar surface area (TPSA) is 190 Å². The molecule has 0 heterocycles. The Balaban J connectivity index is 1.61. The average molecular weight is 572 g/mol. The van der Waals surface area contributed by atoms with Crippen molar-refractivity contribution in [3.8, 4) is 17.6 Å². The van der Waals surface area contributed by atoms with E-state index in [0.717, 1.165) is 0 Å². The first-order valence-electron chi connectivity index (χ1n) is 13.2. The van der Waals surface area contributed by atoms with Crippen molar-refractivity contribution in [3.05, 3.63) is 75.6 Å². The Hall–Kier alpha value is -4.92. The molecule has 5 rings (SSSR count). The number of nitrogens with zero attached hydrogens (tertiary/aromatic N) is 1. The van der Waals surface area contributed by atoms with Crippen LogP contribution < -0.4 is 11.1 Å². The number of phenolic OH excluding ortho intramolecular Hbond substituents is 1. The predicted molar refractivity (Wildman–Crippen MR) is 151 cm³/mol. The summed E-state index contributed by atoms with van der Waals surface area (Å²) in [5.74, 6) is -1.19. The summed E-state index contributed by atoms with van der Waals surface area (Å²) in [4.78, 5) is 52.0. The second-order valence-corrected chi connectivity index (χ2v) is 11.0. The molecule has 0 unspecified atom stereocenters. The molecule has 3 aliphatic carbocycles. The number of carbonyl (C=O) groups is 4. The maximum Gasteiger partial charge on any atom is 0.255 e. The van der Waals surface area contributed by atoms with Gasteiger partial charge in [-0.15, -0.1) is 0 Å². The van der Waals surface area contributed by atoms with Crippen LogP contribution in [0.25, 0.3) is 5.76 Å². The Bertz CT molecular complexity index is 1690. The number of amides is 2. The van der Waals surface area contributed by atoms with Crippen LogP contribution in [0.15, 0.2) is 53.3 Å². The number of fused-ring (bicyclic) bond motifs is 3. The number of aromatic hydroxyl groups is 1. The third-order valence-electron chi connectivity index (χ3n) is 8.15. The summed E-state index contributed by atoms with van der Waals surface area (Å²) >= 11 is 0. The molecule has 1 fully saturated rings. The first-order valence-corrected chi connectivity index (χ1v) is 13.2. The number of rotatable bonds is 3. The number of aliphatic hydroxyl groups is 3. The zero-order valence-electron chi connectivity index (χ0n) is 23.1. The lowest BCUT2D eigenvalue weighted by Crippen LogP contribution is -2.65. The van der Waals surface area contributed by atoms with Gasteiger partial charge in [0.2, 0.25) is 11.7 Å². The van der Waals surface area contributed by atoms with E-state index in [1.54, 1.807) is 44.4 Å². The van der Waals surface area contributed by atoms with Gasteiger partial charge >= 0.3 is 0 Å². The van der Waals surface area contributed by atoms with Crippen LogP contribution in [0.1, 0.15) is 35.6 Å². The van der Waals surface area contributed by atoms with Crippen LogP contribution in [0.5, 0.6) is 5.75 Å². The van der Waals surface area contributed by atoms with Crippen molar-refractivity contribution in [1.82, 2.24) is 4.90 Å². The number of benzene rings is 2. The summed E-state index contributed by atoms with van der Waals surface area (Å²) in [6.45, 7) is 1.40. The minimum absolute atomic E-state index is 0.0150. The predicted octanol–water partition coefficient (Wildman–Crippen LogP) is 1.32. The number of ketones is 2. The molecule has 1 saturated carbocycles. The van der Waals surface area contributed by atoms with Crippen LogP contribution in [-0.4, -0.2) is 74.4 Å². The fourth-order valence-electron chi connectivity index (χ4n) is 6.34. The third kappa shape index (κ3) is 4.32. The van der Waals surface area contributed by atoms with E-state index >= 15 is 0 Å². The Morgan fingerprint density at radius 2 is 1.71 bits per heavy atom. The number of likely N-dealkylation sites (N-methyl/N-ethyl adjacent to an activating group) is 1. The van der Waals surface area contributed by atoms with Crippen molar-refractivity contribution >= 4 is 34.8 Å². The van der Waals surface area contributed by atoms with Gasteiger partial charge in [0.05, 0.1) is 11.6 Å². The first kappa shape index (κ1) is 28.6. The van der Waals surface area contributed by atoms with Crippen LogP contribution >= 0.6 is 0 Å². The normalized spacial score (nSPS) is 24.8. The van der Waals surface area contributed by atoms with Gasteiger partial charge in [-0.05, 0) is 74.8 Å². The minimum atomic E-state index is -2.69. The van der Waals surface area contributed by atoms with Crippen LogP contribution in [0.3, 0.4) is 0 Å². The standard InChI is InChI=1S/C31H29N3O8/c1-14(35)33-18-9-5-15(6-10-18)4-7-16-8-11-21(36)23-19(16)12-17-13-20-25(34(2)3)27(38)24(30(32)41)29(40)31(20,42)28(39)22(17)26(23)37/h5-6,8-11,17,20,25,36-37,40,42H,12-13H2,1-3H3,(H2,32,41)(H,33,35)/t17-,20+,25-,31+/m0/s1. The zero-order chi connectivity index (χ0) is 30.7. The lowest BCUT2D eigenvalue weighted by molar-refractivity contribution is -0.153. The van der Waals surface area contributed by atoms with Gasteiger partial charge in [0.1, 0.15) is 22.8 Å². The molecule has 0 aliphatic heterocycles. The van der Waals surface area contributed by atoms with Crippen molar-refractivity contribution in [2.24, 2.45) is 17.6 Å². The fraction of sp³-hybridized carbons (Fsp3) is 0.290. The SMILES string of the molecule is CC(=O)Nc1ccc(C#Cc2ccc(O)c3c2C[C@H]2C[C@@H]4[C@H](N(C)C)C(=O)C(C(N)=O)=C(O)[C@]4(O)C(=O)C2=C3O)cc1. The van der Waals surface area contributed by atoms with Crippen molar-refractivity contribution in [2.45, 2.75) is 31.4 Å².